The van der Waals surface area contributed by atoms with Crippen LogP contribution in [0, 0.1) is 23.7 Å². The minimum atomic E-state index is -5.83. The molecular weight excluding hydrogens is 1840 g/mol. The summed E-state index contributed by atoms with van der Waals surface area (Å²) >= 11 is 0.877. The number of anilines is 3. The van der Waals surface area contributed by atoms with Crippen LogP contribution < -0.4 is 38.0 Å². The first kappa shape index (κ1) is 102. The number of amides is 3. The Balaban J connectivity index is 0.780. The van der Waals surface area contributed by atoms with E-state index < -0.39 is 146 Å². The number of hydrogen-bond acceptors (Lipinski definition) is 33. The summed E-state index contributed by atoms with van der Waals surface area (Å²) in [6, 6.07) is 9.30. The van der Waals surface area contributed by atoms with E-state index in [9.17, 15) is 94.2 Å². The first-order chi connectivity index (χ1) is 59.2. The third-order valence-electron chi connectivity index (χ3n) is 19.7. The van der Waals surface area contributed by atoms with Crippen LogP contribution in [-0.2, 0) is 109 Å². The molecule has 54 heteroatoms. The molecule has 5 aromatic rings. The highest BCUT2D eigenvalue weighted by atomic mass is 33.1. The summed E-state index contributed by atoms with van der Waals surface area (Å²) in [6.45, 7) is 9.14. The predicted octanol–water partition coefficient (Wildman–Crippen LogP) is 6.53. The van der Waals surface area contributed by atoms with Crippen LogP contribution in [0.15, 0.2) is 106 Å². The Bertz CT molecular complexity index is 5530. The highest BCUT2D eigenvalue weighted by Crippen LogP contribution is 2.66. The lowest BCUT2D eigenvalue weighted by Gasteiger charge is -2.25. The zero-order chi connectivity index (χ0) is 92.3. The molecule has 0 radical (unpaired) electrons. The van der Waals surface area contributed by atoms with E-state index in [1.807, 2.05) is 62.4 Å². The van der Waals surface area contributed by atoms with Crippen LogP contribution >= 0.6 is 72.7 Å². The van der Waals surface area contributed by atoms with Crippen LogP contribution in [0.1, 0.15) is 146 Å². The molecule has 3 aromatic heterocycles. The number of aliphatic hydroxyl groups excluding tert-OH is 1. The first-order valence-corrected chi connectivity index (χ1v) is 50.7. The van der Waals surface area contributed by atoms with Crippen LogP contribution in [0.3, 0.4) is 0 Å². The van der Waals surface area contributed by atoms with Crippen molar-refractivity contribution in [2.75, 3.05) is 73.9 Å². The van der Waals surface area contributed by atoms with Crippen molar-refractivity contribution in [1.29, 1.82) is 0 Å². The van der Waals surface area contributed by atoms with Gasteiger partial charge in [0.05, 0.1) is 64.7 Å². The number of esters is 1. The lowest BCUT2D eigenvalue weighted by atomic mass is 9.81. The van der Waals surface area contributed by atoms with E-state index >= 15 is 0 Å². The minimum absolute atomic E-state index is 0.0121. The average Bonchev–Trinajstić information content (AvgIpc) is 1.59. The fourth-order valence-corrected chi connectivity index (χ4v) is 21.1. The number of aliphatic hydroxyl groups is 1. The molecule has 4 aliphatic heterocycles. The predicted molar refractivity (Wildman–Crippen MR) is 455 cm³/mol. The second kappa shape index (κ2) is 44.9. The van der Waals surface area contributed by atoms with Gasteiger partial charge in [0.15, 0.2) is 12.3 Å². The number of ether oxygens (including phenoxy) is 3. The number of aromatic nitrogens is 5. The van der Waals surface area contributed by atoms with Gasteiger partial charge in [-0.25, -0.2) is 42.8 Å². The van der Waals surface area contributed by atoms with Crippen LogP contribution in [-0.4, -0.2) is 209 Å². The van der Waals surface area contributed by atoms with Crippen molar-refractivity contribution in [2.45, 2.75) is 175 Å². The van der Waals surface area contributed by atoms with E-state index in [-0.39, 0.29) is 95.7 Å². The minimum Gasteiger partial charge on any atom is -0.452 e. The van der Waals surface area contributed by atoms with Crippen molar-refractivity contribution in [1.82, 2.24) is 40.0 Å². The maximum absolute atomic E-state index is 13.9. The normalized spacial score (nSPS) is 20.2. The van der Waals surface area contributed by atoms with Crippen molar-refractivity contribution >= 4 is 146 Å². The molecule has 9 unspecified atom stereocenters. The van der Waals surface area contributed by atoms with E-state index in [0.29, 0.717) is 69.4 Å². The largest absolute Gasteiger partial charge is 0.490 e. The third-order valence-corrected chi connectivity index (χ3v) is 28.5. The summed E-state index contributed by atoms with van der Waals surface area (Å²) < 4.78 is 140. The second-order valence-corrected chi connectivity index (χ2v) is 41.1. The molecule has 7 heterocycles. The number of hydrogen-bond donors (Lipinski definition) is 16. The molecule has 45 nitrogen and oxygen atoms in total. The van der Waals surface area contributed by atoms with Gasteiger partial charge in [0, 0.05) is 115 Å². The number of allylic oxidation sites excluding steroid dienone is 6. The SMILES string of the molecule is CCN1C(=CC=CC=CC2=[N+](CCCCCC(=O)NC(CSSCCCC(=O)OCC#Cc3cn(C4CC(O)C(COP(=O)(O)OP(=O)(O)OP(=O)(O)O)O4)c4ncnc(N)c34)C(=O)NCCCCCC(=O)NCC#Cc3cn(C4CC(OP(=O)(O)O)C(COP(=O)(O)O)O4)c(=O)nc3N)c3ccc(S(=O)(=O)O)cc3C2(C)C)C(C)(C)c2cc(SOOO)ccc21. The van der Waals surface area contributed by atoms with Gasteiger partial charge in [-0.2, -0.15) is 26.6 Å². The van der Waals surface area contributed by atoms with Crippen LogP contribution in [0.4, 0.5) is 23.0 Å². The number of unbranched alkanes of at least 4 members (excludes halogenated alkanes) is 4. The van der Waals surface area contributed by atoms with Gasteiger partial charge in [0.2, 0.25) is 23.4 Å². The van der Waals surface area contributed by atoms with Gasteiger partial charge in [-0.1, -0.05) is 88.8 Å². The number of carbonyl (C=O) groups excluding carboxylic acids is 4. The Morgan fingerprint density at radius 2 is 1.44 bits per heavy atom. The van der Waals surface area contributed by atoms with E-state index in [0.717, 1.165) is 62.4 Å². The zero-order valence-electron chi connectivity index (χ0n) is 68.0. The highest BCUT2D eigenvalue weighted by molar-refractivity contribution is 8.76. The molecule has 0 aliphatic carbocycles. The Morgan fingerprint density at radius 3 is 2.15 bits per heavy atom. The summed E-state index contributed by atoms with van der Waals surface area (Å²) in [5.74, 6) is 9.27. The number of nitrogens with one attached hydrogen (secondary N) is 3. The molecular formula is C72H96N12O33P5S4+. The Morgan fingerprint density at radius 1 is 0.746 bits per heavy atom. The highest BCUT2D eigenvalue weighted by Gasteiger charge is 2.48. The van der Waals surface area contributed by atoms with Gasteiger partial charge in [-0.05, 0) is 94.8 Å². The number of nitrogen functional groups attached to an aromatic ring is 2. The molecule has 18 N–H and O–H groups in total. The maximum atomic E-state index is 13.9. The molecule has 126 heavy (non-hydrogen) atoms. The molecule has 9 rings (SSSR count). The molecule has 3 amide bonds. The number of rotatable bonds is 45. The number of benzene rings is 2. The molecule has 0 saturated carbocycles. The van der Waals surface area contributed by atoms with Crippen molar-refractivity contribution in [3.63, 3.8) is 0 Å². The van der Waals surface area contributed by atoms with Gasteiger partial charge >= 0.3 is 50.8 Å². The fraction of sp³-hybridized carbons (Fsp3) is 0.486. The number of phosphoric acid groups is 5. The standard InChI is InChI=1S/C72H95N12O33P5S4/c1-6-81-52-28-26-47(125-115-114-91)35-49(52)71(2,3)58(81)21-10-7-11-22-59-72(4,5)50-36-48(126(105,106)107)27-29-53(50)82(59)32-15-9-13-24-61(87)79-51(69(89)76-30-14-8-12-23-60(86)75-31-16-19-46-40-84(70(90)80-66(46)73)63-38-55(113-119(95,96)97)57(112-63)42-109-118(92,93)94)43-124-123-34-18-25-64(88)108-33-17-20-45-39-83(68-65(45)67(74)77-44-78-68)62-37-54(85)56(111-62)41-110-121(101,102)117-122(103,104)116-120(98,99)100/h7,10-11,21-22,26-29,35-36,39-40,44,51,54-57,62-63,85H,6,8-9,12-15,18,23-25,30-34,37-38,41-43H2,1-5H3,(H16-,73,74,75,76,77,78,79,80,86,87,89,90,91,92,93,94,95,96,97,98,99,100,101,102,103,104,105,106,107)/p+1. The molecule has 2 aromatic carbocycles. The van der Waals surface area contributed by atoms with E-state index in [1.54, 1.807) is 6.07 Å². The molecule has 4 aliphatic rings. The smallest absolute Gasteiger partial charge is 0.452 e. The molecule has 0 spiro atoms. The Kier molecular flexibility index (Phi) is 36.5. The van der Waals surface area contributed by atoms with E-state index in [1.165, 1.54) is 44.5 Å². The third kappa shape index (κ3) is 29.5. The lowest BCUT2D eigenvalue weighted by molar-refractivity contribution is -0.438. The quantitative estimate of drug-likeness (QED) is 0.00168. The second-order valence-electron chi connectivity index (χ2n) is 29.4. The molecule has 9 atom stereocenters. The molecule has 0 bridgehead atoms. The topological polar surface area (TPSA) is 663 Å². The van der Waals surface area contributed by atoms with Gasteiger partial charge in [-0.15, -0.1) is 4.33 Å². The van der Waals surface area contributed by atoms with E-state index in [2.05, 4.69) is 112 Å². The first-order valence-electron chi connectivity index (χ1n) is 38.5. The molecule has 690 valence electrons. The van der Waals surface area contributed by atoms with Crippen LogP contribution in [0.2, 0.25) is 0 Å². The summed E-state index contributed by atoms with van der Waals surface area (Å²) in [6.07, 6.45) is 8.01. The summed E-state index contributed by atoms with van der Waals surface area (Å²) in [4.78, 5) is 155. The summed E-state index contributed by atoms with van der Waals surface area (Å²) in [5, 5.41) is 32.0. The van der Waals surface area contributed by atoms with Crippen LogP contribution in [0.5, 0.6) is 0 Å². The molecule has 2 fully saturated rings. The lowest BCUT2D eigenvalue weighted by Crippen LogP contribution is -2.48. The fourth-order valence-electron chi connectivity index (χ4n) is 14.0. The Labute approximate surface area is 733 Å². The maximum Gasteiger partial charge on any atom is 0.490 e. The zero-order valence-corrected chi connectivity index (χ0v) is 75.8. The summed E-state index contributed by atoms with van der Waals surface area (Å²) in [5.41, 5.74) is 15.8. The monoisotopic (exact) mass is 1940 g/mol. The van der Waals surface area contributed by atoms with E-state index in [4.69, 9.17) is 45.2 Å². The van der Waals surface area contributed by atoms with Gasteiger partial charge in [-0.3, -0.25) is 41.9 Å². The van der Waals surface area contributed by atoms with Gasteiger partial charge in [0.1, 0.15) is 67.0 Å². The van der Waals surface area contributed by atoms with Crippen molar-refractivity contribution in [2.24, 2.45) is 0 Å². The van der Waals surface area contributed by atoms with Crippen molar-refractivity contribution in [3.8, 4) is 23.7 Å². The van der Waals surface area contributed by atoms with Gasteiger partial charge < -0.3 is 95.3 Å². The number of carbonyl (C=O) groups is 4. The Hall–Kier alpha value is -7.42. The summed E-state index contributed by atoms with van der Waals surface area (Å²) in [7, 11) is -29.2. The van der Waals surface area contributed by atoms with Gasteiger partial charge in [0.25, 0.3) is 10.1 Å². The number of likely N-dealkylation sites (N-methyl/N-ethyl adjacent to an activating group) is 1. The molecule has 2 saturated heterocycles. The average molecular weight is 1940 g/mol. The number of phosphoric ester groups is 3. The number of nitrogens with two attached hydrogens (primary N) is 2. The van der Waals surface area contributed by atoms with Crippen molar-refractivity contribution < 1.29 is 155 Å². The number of fused-ring (bicyclic) bond motifs is 3. The van der Waals surface area contributed by atoms with Crippen molar-refractivity contribution in [3.05, 3.63) is 124 Å². The van der Waals surface area contributed by atoms with Crippen LogP contribution in [0.25, 0.3) is 11.0 Å². The number of nitrogens with zero attached hydrogens (tertiary/aromatic N) is 7.